The van der Waals surface area contributed by atoms with Gasteiger partial charge in [0.1, 0.15) is 10.8 Å². The standard InChI is InChI=1S/C10H11Cl2N3O2/c1-2-13-8(16)5-14-10(17)9-6(11)3-4-7(12)15-9/h3-4H,2,5H2,1H3,(H,13,16)(H,14,17). The molecule has 0 aliphatic rings. The molecule has 0 aromatic carbocycles. The number of rotatable bonds is 4. The number of nitrogens with zero attached hydrogens (tertiary/aromatic N) is 1. The van der Waals surface area contributed by atoms with Gasteiger partial charge in [0.05, 0.1) is 11.6 Å². The third-order valence-electron chi connectivity index (χ3n) is 1.81. The Morgan fingerprint density at radius 2 is 2.00 bits per heavy atom. The lowest BCUT2D eigenvalue weighted by Gasteiger charge is -2.06. The molecule has 1 aromatic rings. The minimum atomic E-state index is -0.538. The van der Waals surface area contributed by atoms with E-state index < -0.39 is 5.91 Å². The molecule has 0 atom stereocenters. The molecule has 1 rings (SSSR count). The number of likely N-dealkylation sites (N-methyl/N-ethyl adjacent to an activating group) is 1. The SMILES string of the molecule is CCNC(=O)CNC(=O)c1nc(Cl)ccc1Cl. The molecular formula is C10H11Cl2N3O2. The molecule has 0 bridgehead atoms. The molecule has 0 unspecified atom stereocenters. The van der Waals surface area contributed by atoms with Gasteiger partial charge in [0, 0.05) is 6.54 Å². The van der Waals surface area contributed by atoms with Crippen LogP contribution in [0.1, 0.15) is 17.4 Å². The number of aromatic nitrogens is 1. The summed E-state index contributed by atoms with van der Waals surface area (Å²) in [6, 6.07) is 2.95. The zero-order valence-corrected chi connectivity index (χ0v) is 10.6. The number of carbonyl (C=O) groups is 2. The Labute approximate surface area is 109 Å². The second kappa shape index (κ2) is 6.42. The van der Waals surface area contributed by atoms with Crippen LogP contribution in [0.25, 0.3) is 0 Å². The van der Waals surface area contributed by atoms with Crippen LogP contribution in [0, 0.1) is 0 Å². The predicted molar refractivity (Wildman–Crippen MR) is 65.3 cm³/mol. The molecule has 0 radical (unpaired) electrons. The second-order valence-electron chi connectivity index (χ2n) is 3.10. The normalized spacial score (nSPS) is 9.82. The highest BCUT2D eigenvalue weighted by Gasteiger charge is 2.13. The van der Waals surface area contributed by atoms with Crippen molar-refractivity contribution in [1.82, 2.24) is 15.6 Å². The third kappa shape index (κ3) is 4.20. The van der Waals surface area contributed by atoms with Crippen molar-refractivity contribution in [3.63, 3.8) is 0 Å². The van der Waals surface area contributed by atoms with Gasteiger partial charge >= 0.3 is 0 Å². The third-order valence-corrected chi connectivity index (χ3v) is 2.33. The first-order valence-electron chi connectivity index (χ1n) is 4.91. The molecule has 2 amide bonds. The van der Waals surface area contributed by atoms with Gasteiger partial charge in [0.2, 0.25) is 5.91 Å². The van der Waals surface area contributed by atoms with Crippen LogP contribution in [0.15, 0.2) is 12.1 Å². The van der Waals surface area contributed by atoms with Crippen molar-refractivity contribution < 1.29 is 9.59 Å². The number of hydrogen-bond acceptors (Lipinski definition) is 3. The zero-order chi connectivity index (χ0) is 12.8. The Morgan fingerprint density at radius 1 is 1.29 bits per heavy atom. The van der Waals surface area contributed by atoms with E-state index in [9.17, 15) is 9.59 Å². The van der Waals surface area contributed by atoms with Gasteiger partial charge in [0.25, 0.3) is 5.91 Å². The van der Waals surface area contributed by atoms with Gasteiger partial charge in [-0.25, -0.2) is 4.98 Å². The topological polar surface area (TPSA) is 71.1 Å². The predicted octanol–water partition coefficient (Wildman–Crippen LogP) is 1.25. The summed E-state index contributed by atoms with van der Waals surface area (Å²) in [5, 5.41) is 5.29. The van der Waals surface area contributed by atoms with Crippen LogP contribution in [0.2, 0.25) is 10.2 Å². The number of carbonyl (C=O) groups excluding carboxylic acids is 2. The summed E-state index contributed by atoms with van der Waals surface area (Å²) < 4.78 is 0. The number of pyridine rings is 1. The first-order valence-corrected chi connectivity index (χ1v) is 5.67. The lowest BCUT2D eigenvalue weighted by atomic mass is 10.3. The molecule has 5 nitrogen and oxygen atoms in total. The van der Waals surface area contributed by atoms with E-state index in [0.717, 1.165) is 0 Å². The molecule has 0 saturated heterocycles. The molecule has 0 fully saturated rings. The maximum absolute atomic E-state index is 11.6. The Kier molecular flexibility index (Phi) is 5.18. The van der Waals surface area contributed by atoms with Gasteiger partial charge < -0.3 is 10.6 Å². The van der Waals surface area contributed by atoms with Gasteiger partial charge in [-0.15, -0.1) is 0 Å². The van der Waals surface area contributed by atoms with Crippen LogP contribution in [0.4, 0.5) is 0 Å². The van der Waals surface area contributed by atoms with Crippen LogP contribution in [-0.4, -0.2) is 29.9 Å². The second-order valence-corrected chi connectivity index (χ2v) is 3.90. The molecule has 0 saturated carbocycles. The molecule has 0 spiro atoms. The number of halogens is 2. The highest BCUT2D eigenvalue weighted by molar-refractivity contribution is 6.34. The molecule has 0 aliphatic heterocycles. The summed E-state index contributed by atoms with van der Waals surface area (Å²) in [5.41, 5.74) is 0.00321. The van der Waals surface area contributed by atoms with Crippen molar-refractivity contribution in [3.8, 4) is 0 Å². The maximum atomic E-state index is 11.6. The van der Waals surface area contributed by atoms with Crippen LogP contribution in [0.5, 0.6) is 0 Å². The smallest absolute Gasteiger partial charge is 0.271 e. The first kappa shape index (κ1) is 13.7. The highest BCUT2D eigenvalue weighted by atomic mass is 35.5. The van der Waals surface area contributed by atoms with E-state index >= 15 is 0 Å². The molecule has 1 aromatic heterocycles. The summed E-state index contributed by atoms with van der Waals surface area (Å²) in [7, 11) is 0. The van der Waals surface area contributed by atoms with E-state index in [1.807, 2.05) is 0 Å². The molecule has 7 heteroatoms. The fourth-order valence-electron chi connectivity index (χ4n) is 1.08. The van der Waals surface area contributed by atoms with Crippen LogP contribution in [-0.2, 0) is 4.79 Å². The van der Waals surface area contributed by atoms with Crippen molar-refractivity contribution in [2.24, 2.45) is 0 Å². The zero-order valence-electron chi connectivity index (χ0n) is 9.09. The first-order chi connectivity index (χ1) is 8.04. The lowest BCUT2D eigenvalue weighted by Crippen LogP contribution is -2.37. The molecular weight excluding hydrogens is 265 g/mol. The van der Waals surface area contributed by atoms with Crippen LogP contribution < -0.4 is 10.6 Å². The molecule has 17 heavy (non-hydrogen) atoms. The van der Waals surface area contributed by atoms with Gasteiger partial charge in [-0.2, -0.15) is 0 Å². The number of amides is 2. The number of nitrogens with one attached hydrogen (secondary N) is 2. The number of hydrogen-bond donors (Lipinski definition) is 2. The summed E-state index contributed by atoms with van der Waals surface area (Å²) >= 11 is 11.4. The Morgan fingerprint density at radius 3 is 2.65 bits per heavy atom. The Hall–Kier alpha value is -1.33. The van der Waals surface area contributed by atoms with E-state index in [-0.39, 0.29) is 28.3 Å². The summed E-state index contributed by atoms with van der Waals surface area (Å²) in [4.78, 5) is 26.5. The van der Waals surface area contributed by atoms with Gasteiger partial charge in [-0.1, -0.05) is 23.2 Å². The monoisotopic (exact) mass is 275 g/mol. The Balaban J connectivity index is 2.64. The fraction of sp³-hybridized carbons (Fsp3) is 0.300. The molecule has 92 valence electrons. The largest absolute Gasteiger partial charge is 0.355 e. The molecule has 2 N–H and O–H groups in total. The van der Waals surface area contributed by atoms with Crippen molar-refractivity contribution >= 4 is 35.0 Å². The minimum absolute atomic E-state index is 0.00321. The minimum Gasteiger partial charge on any atom is -0.355 e. The molecule has 0 aliphatic carbocycles. The van der Waals surface area contributed by atoms with Gasteiger partial charge in [0.15, 0.2) is 0 Å². The average molecular weight is 276 g/mol. The van der Waals surface area contributed by atoms with Crippen molar-refractivity contribution in [2.45, 2.75) is 6.92 Å². The van der Waals surface area contributed by atoms with Crippen molar-refractivity contribution in [3.05, 3.63) is 28.0 Å². The lowest BCUT2D eigenvalue weighted by molar-refractivity contribution is -0.120. The van der Waals surface area contributed by atoms with Crippen molar-refractivity contribution in [2.75, 3.05) is 13.1 Å². The fourth-order valence-corrected chi connectivity index (χ4v) is 1.42. The maximum Gasteiger partial charge on any atom is 0.271 e. The van der Waals surface area contributed by atoms with Crippen LogP contribution in [0.3, 0.4) is 0 Å². The van der Waals surface area contributed by atoms with Gasteiger partial charge in [-0.3, -0.25) is 9.59 Å². The molecule has 1 heterocycles. The average Bonchev–Trinajstić information content (AvgIpc) is 2.29. The van der Waals surface area contributed by atoms with Crippen molar-refractivity contribution in [1.29, 1.82) is 0 Å². The van der Waals surface area contributed by atoms with E-state index in [4.69, 9.17) is 23.2 Å². The van der Waals surface area contributed by atoms with Crippen LogP contribution >= 0.6 is 23.2 Å². The van der Waals surface area contributed by atoms with Gasteiger partial charge in [-0.05, 0) is 19.1 Å². The summed E-state index contributed by atoms with van der Waals surface area (Å²) in [6.45, 7) is 2.16. The van der Waals surface area contributed by atoms with E-state index in [1.54, 1.807) is 6.92 Å². The quantitative estimate of drug-likeness (QED) is 0.813. The van der Waals surface area contributed by atoms with E-state index in [2.05, 4.69) is 15.6 Å². The Bertz CT molecular complexity index is 438. The van der Waals surface area contributed by atoms with E-state index in [1.165, 1.54) is 12.1 Å². The highest BCUT2D eigenvalue weighted by Crippen LogP contribution is 2.16. The summed E-state index contributed by atoms with van der Waals surface area (Å²) in [5.74, 6) is -0.817. The summed E-state index contributed by atoms with van der Waals surface area (Å²) in [6.07, 6.45) is 0. The van der Waals surface area contributed by atoms with E-state index in [0.29, 0.717) is 6.54 Å².